The van der Waals surface area contributed by atoms with Crippen molar-refractivity contribution in [2.24, 2.45) is 0 Å². The van der Waals surface area contributed by atoms with Crippen LogP contribution < -0.4 is 0 Å². The molecule has 0 saturated carbocycles. The minimum Gasteiger partial charge on any atom is -0.214 e. The summed E-state index contributed by atoms with van der Waals surface area (Å²) in [5, 5.41) is 0. The van der Waals surface area contributed by atoms with E-state index in [1.165, 1.54) is 0 Å². The maximum absolute atomic E-state index is 4.94. The minimum atomic E-state index is -1.72. The van der Waals surface area contributed by atoms with Gasteiger partial charge < -0.3 is 0 Å². The first-order valence-electron chi connectivity index (χ1n) is 2.57. The summed E-state index contributed by atoms with van der Waals surface area (Å²) in [4.78, 5) is 0. The fourth-order valence-electron chi connectivity index (χ4n) is 0.342. The molecule has 0 atom stereocenters. The van der Waals surface area contributed by atoms with Gasteiger partial charge in [-0.1, -0.05) is 30.3 Å². The third kappa shape index (κ3) is 11.4. The maximum atomic E-state index is 4.94. The molecule has 0 aliphatic carbocycles. The highest BCUT2D eigenvalue weighted by atomic mass is 35.8. The largest absolute Gasteiger partial charge is 0.643 e. The molecule has 0 fully saturated rings. The molecule has 1 rings (SSSR count). The molecule has 1 aromatic carbocycles. The molecule has 0 aromatic heterocycles. The number of benzene rings is 1. The first-order chi connectivity index (χ1) is 4.73. The van der Waals surface area contributed by atoms with E-state index >= 15 is 0 Å². The molecule has 53 valence electrons. The summed E-state index contributed by atoms with van der Waals surface area (Å²) in [6, 6.07) is 12.5. The van der Waals surface area contributed by atoms with Gasteiger partial charge in [-0.3, -0.25) is 0 Å². The van der Waals surface area contributed by atoms with Gasteiger partial charge in [0.2, 0.25) is 0 Å². The highest BCUT2D eigenvalue weighted by molar-refractivity contribution is 7.54. The molecule has 0 unspecified atom stereocenters. The van der Waals surface area contributed by atoms with E-state index < -0.39 is 11.4 Å². The fraction of sp³-hybridized carbons (Fsp3) is 0. The average Bonchev–Trinajstić information content (AvgIpc) is 1.90. The van der Waals surface area contributed by atoms with Crippen molar-refractivity contribution in [1.82, 2.24) is 0 Å². The Morgan fingerprint density at radius 3 is 1.40 bits per heavy atom. The molecular formula is C6H5AlCl3. The van der Waals surface area contributed by atoms with Crippen molar-refractivity contribution in [3.8, 4) is 0 Å². The molecule has 0 amide bonds. The van der Waals surface area contributed by atoms with Crippen LogP contribution in [-0.2, 0) is 0 Å². The minimum absolute atomic E-state index is 1.72. The van der Waals surface area contributed by atoms with Crippen LogP contribution in [0.1, 0.15) is 0 Å². The SMILES string of the molecule is [Cl][Al]([Cl])[Cl].[c]1ccccc1. The Balaban J connectivity index is 0.000000180. The van der Waals surface area contributed by atoms with E-state index in [1.54, 1.807) is 0 Å². The molecule has 0 bridgehead atoms. The van der Waals surface area contributed by atoms with Gasteiger partial charge in [0, 0.05) is 0 Å². The molecule has 0 nitrogen and oxygen atoms in total. The van der Waals surface area contributed by atoms with Gasteiger partial charge in [-0.05, 0) is 6.07 Å². The van der Waals surface area contributed by atoms with Crippen LogP contribution >= 0.6 is 30.1 Å². The summed E-state index contributed by atoms with van der Waals surface area (Å²) >= 11 is -1.72. The average molecular weight is 210 g/mol. The lowest BCUT2D eigenvalue weighted by molar-refractivity contribution is 1.70. The zero-order valence-electron chi connectivity index (χ0n) is 5.10. The van der Waals surface area contributed by atoms with E-state index in [0.29, 0.717) is 0 Å². The standard InChI is InChI=1S/C6H5.Al.3ClH/c1-2-4-6-5-3-1;;;;/h1-5H;;3*1H/q;+3;;;/p-3. The fourth-order valence-corrected chi connectivity index (χ4v) is 0.342. The van der Waals surface area contributed by atoms with Gasteiger partial charge in [0.1, 0.15) is 0 Å². The van der Waals surface area contributed by atoms with Crippen molar-refractivity contribution in [3.63, 3.8) is 0 Å². The summed E-state index contributed by atoms with van der Waals surface area (Å²) in [5.41, 5.74) is 0. The molecular weight excluding hydrogens is 205 g/mol. The Bertz CT molecular complexity index is 113. The first-order valence-corrected chi connectivity index (χ1v) is 7.80. The maximum Gasteiger partial charge on any atom is 0.643 e. The molecule has 0 spiro atoms. The van der Waals surface area contributed by atoms with Gasteiger partial charge >= 0.3 is 11.4 Å². The number of hydrogen-bond acceptors (Lipinski definition) is 0. The van der Waals surface area contributed by atoms with Crippen LogP contribution in [0.15, 0.2) is 30.3 Å². The van der Waals surface area contributed by atoms with E-state index in [4.69, 9.17) is 30.1 Å². The lowest BCUT2D eigenvalue weighted by atomic mass is 10.4. The Hall–Kier alpha value is 0.622. The lowest BCUT2D eigenvalue weighted by Crippen LogP contribution is -1.66. The molecule has 0 aliphatic heterocycles. The predicted molar refractivity (Wildman–Crippen MR) is 48.6 cm³/mol. The van der Waals surface area contributed by atoms with Crippen molar-refractivity contribution < 1.29 is 0 Å². The smallest absolute Gasteiger partial charge is 0.214 e. The normalized spacial score (nSPS) is 7.50. The molecule has 0 aliphatic rings. The van der Waals surface area contributed by atoms with Gasteiger partial charge in [0.25, 0.3) is 0 Å². The number of hydrogen-bond donors (Lipinski definition) is 0. The summed E-state index contributed by atoms with van der Waals surface area (Å²) in [7, 11) is 14.8. The molecule has 1 radical (unpaired) electrons. The lowest BCUT2D eigenvalue weighted by Gasteiger charge is -1.68. The van der Waals surface area contributed by atoms with E-state index in [-0.39, 0.29) is 0 Å². The van der Waals surface area contributed by atoms with Crippen LogP contribution in [0.2, 0.25) is 0 Å². The van der Waals surface area contributed by atoms with Crippen LogP contribution in [0.5, 0.6) is 0 Å². The molecule has 0 N–H and O–H groups in total. The molecule has 0 saturated heterocycles. The van der Waals surface area contributed by atoms with Crippen molar-refractivity contribution in [2.75, 3.05) is 0 Å². The third-order valence-corrected chi connectivity index (χ3v) is 0.607. The molecule has 4 heteroatoms. The monoisotopic (exact) mass is 209 g/mol. The van der Waals surface area contributed by atoms with E-state index in [2.05, 4.69) is 6.07 Å². The van der Waals surface area contributed by atoms with Crippen LogP contribution in [0.3, 0.4) is 0 Å². The third-order valence-electron chi connectivity index (χ3n) is 0.607. The van der Waals surface area contributed by atoms with Crippen LogP contribution in [0.25, 0.3) is 0 Å². The topological polar surface area (TPSA) is 0 Å². The second-order valence-corrected chi connectivity index (χ2v) is 7.76. The van der Waals surface area contributed by atoms with E-state index in [1.807, 2.05) is 30.3 Å². The van der Waals surface area contributed by atoms with Crippen LogP contribution in [0, 0.1) is 6.07 Å². The number of halogens is 3. The van der Waals surface area contributed by atoms with Crippen LogP contribution in [-0.4, -0.2) is 11.4 Å². The van der Waals surface area contributed by atoms with Crippen molar-refractivity contribution >= 4 is 41.5 Å². The molecule has 0 heterocycles. The Morgan fingerprint density at radius 2 is 1.30 bits per heavy atom. The predicted octanol–water partition coefficient (Wildman–Crippen LogP) is 3.17. The van der Waals surface area contributed by atoms with E-state index in [0.717, 1.165) is 0 Å². The Kier molecular flexibility index (Phi) is 8.21. The van der Waals surface area contributed by atoms with Gasteiger partial charge in [0.05, 0.1) is 0 Å². The summed E-state index contributed by atoms with van der Waals surface area (Å²) in [6.07, 6.45) is 0. The van der Waals surface area contributed by atoms with Gasteiger partial charge in [0.15, 0.2) is 0 Å². The zero-order chi connectivity index (χ0) is 7.82. The second kappa shape index (κ2) is 7.73. The van der Waals surface area contributed by atoms with Gasteiger partial charge in [-0.15, -0.1) is 0 Å². The van der Waals surface area contributed by atoms with Crippen molar-refractivity contribution in [1.29, 1.82) is 0 Å². The molecule has 1 aromatic rings. The zero-order valence-corrected chi connectivity index (χ0v) is 8.52. The Labute approximate surface area is 77.7 Å². The molecule has 10 heavy (non-hydrogen) atoms. The highest BCUT2D eigenvalue weighted by Crippen LogP contribution is 1.97. The Morgan fingerprint density at radius 1 is 0.900 bits per heavy atom. The second-order valence-electron chi connectivity index (χ2n) is 1.32. The van der Waals surface area contributed by atoms with Crippen LogP contribution in [0.4, 0.5) is 0 Å². The summed E-state index contributed by atoms with van der Waals surface area (Å²) < 4.78 is 0. The van der Waals surface area contributed by atoms with Crippen molar-refractivity contribution in [3.05, 3.63) is 36.4 Å². The van der Waals surface area contributed by atoms with Crippen molar-refractivity contribution in [2.45, 2.75) is 0 Å². The highest BCUT2D eigenvalue weighted by Gasteiger charge is 2.00. The first kappa shape index (κ1) is 10.6. The van der Waals surface area contributed by atoms with Gasteiger partial charge in [-0.2, -0.15) is 0 Å². The quantitative estimate of drug-likeness (QED) is 0.577. The van der Waals surface area contributed by atoms with E-state index in [9.17, 15) is 0 Å². The van der Waals surface area contributed by atoms with Gasteiger partial charge in [-0.25, -0.2) is 30.1 Å². The summed E-state index contributed by atoms with van der Waals surface area (Å²) in [6.45, 7) is 0. The summed E-state index contributed by atoms with van der Waals surface area (Å²) in [5.74, 6) is 0. The number of rotatable bonds is 0.